The highest BCUT2D eigenvalue weighted by Gasteiger charge is 2.27. The summed E-state index contributed by atoms with van der Waals surface area (Å²) in [5.41, 5.74) is 2.88. The number of carbonyl (C=O) groups is 1. The Bertz CT molecular complexity index is 889. The minimum Gasteiger partial charge on any atom is -0.269 e. The van der Waals surface area contributed by atoms with Gasteiger partial charge >= 0.3 is 0 Å². The van der Waals surface area contributed by atoms with E-state index in [0.717, 1.165) is 14.9 Å². The zero-order valence-electron chi connectivity index (χ0n) is 14.3. The normalized spacial score (nSPS) is 11.9. The van der Waals surface area contributed by atoms with Gasteiger partial charge in [-0.2, -0.15) is 0 Å². The van der Waals surface area contributed by atoms with Crippen LogP contribution in [-0.4, -0.2) is 30.7 Å². The van der Waals surface area contributed by atoms with Gasteiger partial charge in [0.15, 0.2) is 0 Å². The topological polar surface area (TPSA) is 67.3 Å². The summed E-state index contributed by atoms with van der Waals surface area (Å²) in [6.07, 6.45) is 2.75. The van der Waals surface area contributed by atoms with E-state index in [2.05, 4.69) is 4.98 Å². The van der Waals surface area contributed by atoms with Crippen molar-refractivity contribution in [1.82, 2.24) is 9.29 Å². The minimum atomic E-state index is -3.90. The molecular weight excluding hydrogens is 344 g/mol. The molecular formula is C17H20N2O3S2. The molecule has 0 saturated carbocycles. The molecule has 0 aliphatic rings. The van der Waals surface area contributed by atoms with Crippen molar-refractivity contribution in [2.75, 3.05) is 7.05 Å². The van der Waals surface area contributed by atoms with Crippen LogP contribution in [0.15, 0.2) is 28.5 Å². The molecule has 0 aliphatic heterocycles. The molecule has 7 heteroatoms. The van der Waals surface area contributed by atoms with E-state index in [1.54, 1.807) is 26.0 Å². The van der Waals surface area contributed by atoms with E-state index in [1.165, 1.54) is 30.5 Å². The van der Waals surface area contributed by atoms with Gasteiger partial charge in [-0.05, 0) is 44.9 Å². The number of aromatic nitrogens is 1. The monoisotopic (exact) mass is 364 g/mol. The van der Waals surface area contributed by atoms with E-state index in [0.29, 0.717) is 16.8 Å². The molecule has 0 N–H and O–H groups in total. The molecule has 0 atom stereocenters. The van der Waals surface area contributed by atoms with E-state index in [1.807, 2.05) is 19.2 Å². The van der Waals surface area contributed by atoms with Gasteiger partial charge in [0.2, 0.25) is 0 Å². The third kappa shape index (κ3) is 3.73. The van der Waals surface area contributed by atoms with Crippen molar-refractivity contribution >= 4 is 33.3 Å². The lowest BCUT2D eigenvalue weighted by molar-refractivity contribution is -0.120. The average Bonchev–Trinajstić information content (AvgIpc) is 2.88. The first-order valence-corrected chi connectivity index (χ1v) is 9.66. The molecule has 1 heterocycles. The quantitative estimate of drug-likeness (QED) is 0.781. The Morgan fingerprint density at radius 2 is 1.75 bits per heavy atom. The van der Waals surface area contributed by atoms with Gasteiger partial charge in [-0.1, -0.05) is 17.7 Å². The Kier molecular flexibility index (Phi) is 5.25. The first kappa shape index (κ1) is 18.4. The summed E-state index contributed by atoms with van der Waals surface area (Å²) >= 11 is 1.47. The lowest BCUT2D eigenvalue weighted by Gasteiger charge is -2.19. The van der Waals surface area contributed by atoms with Crippen molar-refractivity contribution in [2.24, 2.45) is 0 Å². The fourth-order valence-electron chi connectivity index (χ4n) is 2.55. The summed E-state index contributed by atoms with van der Waals surface area (Å²) in [6.45, 7) is 7.24. The maximum absolute atomic E-state index is 12.8. The van der Waals surface area contributed by atoms with Crippen molar-refractivity contribution in [3.63, 3.8) is 0 Å². The van der Waals surface area contributed by atoms with Crippen LogP contribution in [0.5, 0.6) is 0 Å². The number of thiazole rings is 1. The molecule has 0 unspecified atom stereocenters. The van der Waals surface area contributed by atoms with Gasteiger partial charge < -0.3 is 0 Å². The van der Waals surface area contributed by atoms with Gasteiger partial charge in [0.1, 0.15) is 0 Å². The number of carbonyl (C=O) groups excluding carboxylic acids is 1. The number of rotatable bonds is 4. The van der Waals surface area contributed by atoms with Crippen LogP contribution in [0.25, 0.3) is 6.08 Å². The Balaban J connectivity index is 2.32. The van der Waals surface area contributed by atoms with Crippen LogP contribution in [0.4, 0.5) is 0 Å². The summed E-state index contributed by atoms with van der Waals surface area (Å²) < 4.78 is 26.4. The lowest BCUT2D eigenvalue weighted by atomic mass is 10.1. The smallest absolute Gasteiger partial charge is 0.267 e. The fraction of sp³-hybridized carbons (Fsp3) is 0.294. The number of sulfonamides is 1. The van der Waals surface area contributed by atoms with Crippen LogP contribution in [0, 0.1) is 27.7 Å². The Morgan fingerprint density at radius 3 is 2.25 bits per heavy atom. The van der Waals surface area contributed by atoms with Crippen LogP contribution >= 0.6 is 11.3 Å². The minimum absolute atomic E-state index is 0.182. The summed E-state index contributed by atoms with van der Waals surface area (Å²) in [4.78, 5) is 16.7. The van der Waals surface area contributed by atoms with Crippen molar-refractivity contribution in [3.8, 4) is 0 Å². The summed E-state index contributed by atoms with van der Waals surface area (Å²) in [6, 6.07) is 3.60. The second-order valence-corrected chi connectivity index (χ2v) is 8.63. The predicted molar refractivity (Wildman–Crippen MR) is 96.5 cm³/mol. The second kappa shape index (κ2) is 6.86. The van der Waals surface area contributed by atoms with Gasteiger partial charge in [-0.3, -0.25) is 4.79 Å². The molecule has 2 aromatic rings. The molecule has 5 nitrogen and oxygen atoms in total. The van der Waals surface area contributed by atoms with E-state index in [4.69, 9.17) is 0 Å². The number of aryl methyl sites for hydroxylation is 4. The third-order valence-corrected chi connectivity index (χ3v) is 6.42. The molecule has 0 radical (unpaired) electrons. The second-order valence-electron chi connectivity index (χ2n) is 5.66. The maximum Gasteiger partial charge on any atom is 0.267 e. The summed E-state index contributed by atoms with van der Waals surface area (Å²) in [5.74, 6) is -0.611. The summed E-state index contributed by atoms with van der Waals surface area (Å²) in [7, 11) is -2.63. The van der Waals surface area contributed by atoms with Crippen molar-refractivity contribution in [1.29, 1.82) is 0 Å². The molecule has 2 rings (SSSR count). The standard InChI is InChI=1S/C17H20N2O3S2/c1-11-8-12(2)17(13(3)9-11)24(21,22)19(5)16(20)7-6-15-10-23-14(4)18-15/h6-10H,1-5H3. The molecule has 24 heavy (non-hydrogen) atoms. The van der Waals surface area contributed by atoms with E-state index < -0.39 is 15.9 Å². The Labute approximate surface area is 146 Å². The van der Waals surface area contributed by atoms with Gasteiger partial charge in [0.25, 0.3) is 15.9 Å². The van der Waals surface area contributed by atoms with Crippen LogP contribution in [0.2, 0.25) is 0 Å². The molecule has 0 saturated heterocycles. The van der Waals surface area contributed by atoms with Crippen LogP contribution < -0.4 is 0 Å². The van der Waals surface area contributed by atoms with Crippen molar-refractivity contribution in [2.45, 2.75) is 32.6 Å². The predicted octanol–water partition coefficient (Wildman–Crippen LogP) is 3.24. The van der Waals surface area contributed by atoms with Gasteiger partial charge in [-0.25, -0.2) is 17.7 Å². The summed E-state index contributed by atoms with van der Waals surface area (Å²) in [5, 5.41) is 2.69. The Hall–Kier alpha value is -1.99. The number of nitrogens with zero attached hydrogens (tertiary/aromatic N) is 2. The van der Waals surface area contributed by atoms with Crippen LogP contribution in [0.1, 0.15) is 27.4 Å². The zero-order valence-corrected chi connectivity index (χ0v) is 16.0. The van der Waals surface area contributed by atoms with E-state index >= 15 is 0 Å². The van der Waals surface area contributed by atoms with Crippen molar-refractivity contribution in [3.05, 3.63) is 51.0 Å². The highest BCUT2D eigenvalue weighted by molar-refractivity contribution is 7.89. The molecule has 128 valence electrons. The van der Waals surface area contributed by atoms with E-state index in [9.17, 15) is 13.2 Å². The number of benzene rings is 1. The molecule has 1 amide bonds. The number of hydrogen-bond donors (Lipinski definition) is 0. The van der Waals surface area contributed by atoms with Crippen LogP contribution in [0.3, 0.4) is 0 Å². The third-order valence-electron chi connectivity index (χ3n) is 3.57. The highest BCUT2D eigenvalue weighted by atomic mass is 32.2. The SMILES string of the molecule is Cc1cc(C)c(S(=O)(=O)N(C)C(=O)C=Cc2csc(C)n2)c(C)c1. The number of amides is 1. The number of hydrogen-bond acceptors (Lipinski definition) is 5. The van der Waals surface area contributed by atoms with E-state index in [-0.39, 0.29) is 4.90 Å². The highest BCUT2D eigenvalue weighted by Crippen LogP contribution is 2.24. The maximum atomic E-state index is 12.8. The number of likely N-dealkylation sites (N-methyl/N-ethyl adjacent to an activating group) is 1. The largest absolute Gasteiger partial charge is 0.269 e. The first-order valence-electron chi connectivity index (χ1n) is 7.34. The average molecular weight is 364 g/mol. The van der Waals surface area contributed by atoms with Crippen molar-refractivity contribution < 1.29 is 13.2 Å². The molecule has 0 fully saturated rings. The Morgan fingerprint density at radius 1 is 1.17 bits per heavy atom. The molecule has 0 aliphatic carbocycles. The van der Waals surface area contributed by atoms with Gasteiger partial charge in [0.05, 0.1) is 15.6 Å². The molecule has 1 aromatic heterocycles. The first-order chi connectivity index (χ1) is 11.1. The lowest BCUT2D eigenvalue weighted by Crippen LogP contribution is -2.32. The molecule has 0 bridgehead atoms. The zero-order chi connectivity index (χ0) is 18.1. The molecule has 1 aromatic carbocycles. The molecule has 0 spiro atoms. The van der Waals surface area contributed by atoms with Crippen LogP contribution in [-0.2, 0) is 14.8 Å². The fourth-order valence-corrected chi connectivity index (χ4v) is 4.63. The van der Waals surface area contributed by atoms with Gasteiger partial charge in [0, 0.05) is 18.5 Å². The van der Waals surface area contributed by atoms with Gasteiger partial charge in [-0.15, -0.1) is 11.3 Å².